The Balaban J connectivity index is 2.26. The summed E-state index contributed by atoms with van der Waals surface area (Å²) >= 11 is 1.50. The molecule has 0 aliphatic carbocycles. The van der Waals surface area contributed by atoms with Gasteiger partial charge in [0, 0.05) is 11.4 Å². The number of thiophene rings is 1. The molecule has 0 saturated carbocycles. The van der Waals surface area contributed by atoms with Crippen LogP contribution in [-0.4, -0.2) is 26.4 Å². The number of carbonyl (C=O) groups is 1. The van der Waals surface area contributed by atoms with Crippen molar-refractivity contribution < 1.29 is 30.6 Å². The van der Waals surface area contributed by atoms with Crippen molar-refractivity contribution in [3.8, 4) is 0 Å². The van der Waals surface area contributed by atoms with E-state index in [0.29, 0.717) is 6.42 Å². The Bertz CT molecular complexity index is 905. The van der Waals surface area contributed by atoms with E-state index in [2.05, 4.69) is 9.50 Å². The zero-order chi connectivity index (χ0) is 20.1. The van der Waals surface area contributed by atoms with E-state index in [4.69, 9.17) is 0 Å². The molecule has 2 aromatic rings. The summed E-state index contributed by atoms with van der Waals surface area (Å²) in [6.07, 6.45) is 0.534. The predicted molar refractivity (Wildman–Crippen MR) is 96.1 cm³/mol. The molecular weight excluding hydrogens is 403 g/mol. The van der Waals surface area contributed by atoms with Crippen molar-refractivity contribution in [3.63, 3.8) is 0 Å². The van der Waals surface area contributed by atoms with E-state index >= 15 is 0 Å². The Labute approximate surface area is 158 Å². The van der Waals surface area contributed by atoms with Gasteiger partial charge in [0.05, 0.1) is 5.57 Å². The second kappa shape index (κ2) is 8.57. The van der Waals surface area contributed by atoms with Gasteiger partial charge in [-0.2, -0.15) is 21.6 Å². The van der Waals surface area contributed by atoms with Gasteiger partial charge in [-0.05, 0) is 30.4 Å². The van der Waals surface area contributed by atoms with Crippen LogP contribution in [0.4, 0.5) is 13.2 Å². The van der Waals surface area contributed by atoms with Crippen molar-refractivity contribution in [1.82, 2.24) is 5.32 Å². The van der Waals surface area contributed by atoms with Crippen molar-refractivity contribution in [2.45, 2.75) is 18.9 Å². The van der Waals surface area contributed by atoms with Crippen molar-refractivity contribution >= 4 is 32.9 Å². The van der Waals surface area contributed by atoms with E-state index in [1.54, 1.807) is 18.2 Å². The van der Waals surface area contributed by atoms with E-state index in [1.165, 1.54) is 23.5 Å². The van der Waals surface area contributed by atoms with Crippen LogP contribution in [0.5, 0.6) is 0 Å². The number of benzene rings is 1. The molecule has 0 aliphatic rings. The Morgan fingerprint density at radius 1 is 1.15 bits per heavy atom. The van der Waals surface area contributed by atoms with Crippen LogP contribution in [0.1, 0.15) is 17.4 Å². The quantitative estimate of drug-likeness (QED) is 0.321. The van der Waals surface area contributed by atoms with Crippen molar-refractivity contribution in [2.24, 2.45) is 0 Å². The number of allylic oxidation sites excluding steroid dienone is 1. The molecule has 0 atom stereocenters. The molecule has 1 amide bonds. The van der Waals surface area contributed by atoms with Gasteiger partial charge in [0.25, 0.3) is 5.91 Å². The lowest BCUT2D eigenvalue weighted by atomic mass is 10.0. The second-order valence-electron chi connectivity index (χ2n) is 5.37. The molecule has 0 bridgehead atoms. The fourth-order valence-corrected chi connectivity index (χ4v) is 3.41. The lowest BCUT2D eigenvalue weighted by Crippen LogP contribution is -2.29. The molecule has 0 saturated heterocycles. The fourth-order valence-electron chi connectivity index (χ4n) is 2.19. The minimum absolute atomic E-state index is 0.231. The van der Waals surface area contributed by atoms with Crippen LogP contribution in [0.2, 0.25) is 0 Å². The van der Waals surface area contributed by atoms with E-state index in [0.717, 1.165) is 11.8 Å². The number of hydrogen-bond acceptors (Lipinski definition) is 5. The SMILES string of the molecule is CC(OS(=O)(=O)C(F)(F)F)=C(C(=O)NCCc1cccs1)c1ccccc1. The van der Waals surface area contributed by atoms with E-state index in [9.17, 15) is 26.4 Å². The zero-order valence-electron chi connectivity index (χ0n) is 14.1. The molecule has 5 nitrogen and oxygen atoms in total. The topological polar surface area (TPSA) is 72.5 Å². The molecule has 1 aromatic heterocycles. The average molecular weight is 419 g/mol. The fraction of sp³-hybridized carbons (Fsp3) is 0.235. The van der Waals surface area contributed by atoms with Gasteiger partial charge in [-0.15, -0.1) is 11.3 Å². The van der Waals surface area contributed by atoms with Crippen molar-refractivity contribution in [1.29, 1.82) is 0 Å². The minimum atomic E-state index is -5.88. The zero-order valence-corrected chi connectivity index (χ0v) is 15.7. The molecule has 27 heavy (non-hydrogen) atoms. The van der Waals surface area contributed by atoms with Gasteiger partial charge < -0.3 is 9.50 Å². The number of hydrogen-bond donors (Lipinski definition) is 1. The molecule has 10 heteroatoms. The Morgan fingerprint density at radius 3 is 2.37 bits per heavy atom. The van der Waals surface area contributed by atoms with Crippen LogP contribution in [0.3, 0.4) is 0 Å². The number of amides is 1. The van der Waals surface area contributed by atoms with Gasteiger partial charge in [-0.1, -0.05) is 36.4 Å². The van der Waals surface area contributed by atoms with Crippen molar-refractivity contribution in [2.75, 3.05) is 6.54 Å². The highest BCUT2D eigenvalue weighted by Gasteiger charge is 2.48. The molecule has 2 rings (SSSR count). The molecule has 0 unspecified atom stereocenters. The number of halogens is 3. The van der Waals surface area contributed by atoms with E-state index in [-0.39, 0.29) is 17.7 Å². The molecule has 0 radical (unpaired) electrons. The summed E-state index contributed by atoms with van der Waals surface area (Å²) in [4.78, 5) is 13.5. The minimum Gasteiger partial charge on any atom is -0.380 e. The van der Waals surface area contributed by atoms with Gasteiger partial charge in [0.2, 0.25) is 0 Å². The molecule has 1 aromatic carbocycles. The molecule has 146 valence electrons. The summed E-state index contributed by atoms with van der Waals surface area (Å²) in [6, 6.07) is 11.5. The highest BCUT2D eigenvalue weighted by atomic mass is 32.2. The van der Waals surface area contributed by atoms with Crippen LogP contribution in [0, 0.1) is 0 Å². The van der Waals surface area contributed by atoms with Crippen molar-refractivity contribution in [3.05, 3.63) is 64.0 Å². The molecule has 0 spiro atoms. The van der Waals surface area contributed by atoms with E-state index < -0.39 is 27.3 Å². The number of carbonyl (C=O) groups excluding carboxylic acids is 1. The number of alkyl halides is 3. The maximum atomic E-state index is 12.6. The standard InChI is InChI=1S/C17H16F3NO4S2/c1-12(25-27(23,24)17(18,19)20)15(13-6-3-2-4-7-13)16(22)21-10-9-14-8-5-11-26-14/h2-8,11H,9-10H2,1H3,(H,21,22). The molecular formula is C17H16F3NO4S2. The van der Waals surface area contributed by atoms with Gasteiger partial charge in [-0.25, -0.2) is 0 Å². The normalized spacial score (nSPS) is 13.0. The van der Waals surface area contributed by atoms with Gasteiger partial charge in [0.1, 0.15) is 5.76 Å². The summed E-state index contributed by atoms with van der Waals surface area (Å²) in [7, 11) is -5.88. The van der Waals surface area contributed by atoms with Crippen LogP contribution in [0.15, 0.2) is 53.6 Å². The van der Waals surface area contributed by atoms with Crippen LogP contribution in [0.25, 0.3) is 5.57 Å². The maximum absolute atomic E-state index is 12.6. The lowest BCUT2D eigenvalue weighted by molar-refractivity contribution is -0.115. The first-order valence-electron chi connectivity index (χ1n) is 7.69. The molecule has 0 aliphatic heterocycles. The predicted octanol–water partition coefficient (Wildman–Crippen LogP) is 3.70. The van der Waals surface area contributed by atoms with Gasteiger partial charge in [0.15, 0.2) is 0 Å². The Hall–Kier alpha value is -2.33. The molecule has 1 N–H and O–H groups in total. The third-order valence-corrected chi connectivity index (χ3v) is 5.37. The smallest absolute Gasteiger partial charge is 0.380 e. The summed E-state index contributed by atoms with van der Waals surface area (Å²) in [5.74, 6) is -1.39. The molecule has 0 fully saturated rings. The van der Waals surface area contributed by atoms with Crippen LogP contribution >= 0.6 is 11.3 Å². The summed E-state index contributed by atoms with van der Waals surface area (Å²) < 4.78 is 64.5. The second-order valence-corrected chi connectivity index (χ2v) is 7.94. The largest absolute Gasteiger partial charge is 0.534 e. The monoisotopic (exact) mass is 419 g/mol. The summed E-state index contributed by atoms with van der Waals surface area (Å²) in [5.41, 5.74) is -5.64. The number of nitrogens with one attached hydrogen (secondary N) is 1. The first-order valence-corrected chi connectivity index (χ1v) is 9.98. The summed E-state index contributed by atoms with van der Waals surface area (Å²) in [5, 5.41) is 4.46. The maximum Gasteiger partial charge on any atom is 0.534 e. The average Bonchev–Trinajstić information content (AvgIpc) is 3.08. The van der Waals surface area contributed by atoms with Gasteiger partial charge >= 0.3 is 15.6 Å². The van der Waals surface area contributed by atoms with E-state index in [1.807, 2.05) is 17.5 Å². The summed E-state index contributed by atoms with van der Waals surface area (Å²) in [6.45, 7) is 1.24. The number of rotatable bonds is 7. The first kappa shape index (κ1) is 21.0. The Kier molecular flexibility index (Phi) is 6.66. The van der Waals surface area contributed by atoms with Crippen LogP contribution in [-0.2, 0) is 25.5 Å². The van der Waals surface area contributed by atoms with Crippen LogP contribution < -0.4 is 5.32 Å². The third kappa shape index (κ3) is 5.57. The lowest BCUT2D eigenvalue weighted by Gasteiger charge is -2.15. The highest BCUT2D eigenvalue weighted by molar-refractivity contribution is 7.87. The van der Waals surface area contributed by atoms with Gasteiger partial charge in [-0.3, -0.25) is 4.79 Å². The first-order chi connectivity index (χ1) is 12.6. The third-order valence-electron chi connectivity index (χ3n) is 3.40. The Morgan fingerprint density at radius 2 is 1.81 bits per heavy atom. The highest BCUT2D eigenvalue weighted by Crippen LogP contribution is 2.29. The molecule has 1 heterocycles.